The first-order chi connectivity index (χ1) is 15.4. The Morgan fingerprint density at radius 2 is 1.91 bits per heavy atom. The van der Waals surface area contributed by atoms with Crippen LogP contribution in [0.25, 0.3) is 17.0 Å². The zero-order valence-electron chi connectivity index (χ0n) is 17.1. The first kappa shape index (κ1) is 22.5. The Bertz CT molecular complexity index is 1270. The lowest BCUT2D eigenvalue weighted by atomic mass is 10.1. The standard InChI is InChI=1S/C23H19Cl2N3O3S/c1-31-9-8-28-22(30)17(21(29)26-23(28)32)11-15-13-27(20-5-3-2-4-16(15)20)12-14-6-7-18(24)19(25)10-14/h2-7,10-11,13H,8-9,12H2,1H3,(H,26,29,32). The van der Waals surface area contributed by atoms with E-state index in [0.717, 1.165) is 22.0 Å². The van der Waals surface area contributed by atoms with Gasteiger partial charge in [-0.05, 0) is 42.1 Å². The lowest BCUT2D eigenvalue weighted by Gasteiger charge is -2.28. The van der Waals surface area contributed by atoms with Crippen molar-refractivity contribution in [2.45, 2.75) is 6.54 Å². The first-order valence-corrected chi connectivity index (χ1v) is 10.9. The lowest BCUT2D eigenvalue weighted by Crippen LogP contribution is -2.54. The minimum absolute atomic E-state index is 0.0205. The van der Waals surface area contributed by atoms with Crippen molar-refractivity contribution in [2.75, 3.05) is 20.3 Å². The van der Waals surface area contributed by atoms with Gasteiger partial charge in [-0.15, -0.1) is 0 Å². The third-order valence-corrected chi connectivity index (χ3v) is 6.22. The van der Waals surface area contributed by atoms with Gasteiger partial charge in [-0.25, -0.2) is 0 Å². The Hall–Kier alpha value is -2.71. The molecule has 1 N–H and O–H groups in total. The Morgan fingerprint density at radius 1 is 1.12 bits per heavy atom. The molecule has 1 fully saturated rings. The second kappa shape index (κ2) is 9.42. The first-order valence-electron chi connectivity index (χ1n) is 9.78. The summed E-state index contributed by atoms with van der Waals surface area (Å²) in [6.07, 6.45) is 3.51. The molecule has 1 aromatic heterocycles. The maximum atomic E-state index is 13.0. The van der Waals surface area contributed by atoms with Gasteiger partial charge in [-0.1, -0.05) is 47.5 Å². The van der Waals surface area contributed by atoms with Crippen molar-refractivity contribution in [3.8, 4) is 0 Å². The van der Waals surface area contributed by atoms with Crippen LogP contribution in [-0.4, -0.2) is 46.7 Å². The largest absolute Gasteiger partial charge is 0.383 e. The molecule has 6 nitrogen and oxygen atoms in total. The average molecular weight is 488 g/mol. The molecule has 2 amide bonds. The Morgan fingerprint density at radius 3 is 2.66 bits per heavy atom. The third-order valence-electron chi connectivity index (χ3n) is 5.16. The number of nitrogens with one attached hydrogen (secondary N) is 1. The number of amides is 2. The van der Waals surface area contributed by atoms with Crippen molar-refractivity contribution >= 4 is 69.3 Å². The number of ether oxygens (including phenoxy) is 1. The van der Waals surface area contributed by atoms with Crippen LogP contribution >= 0.6 is 35.4 Å². The normalized spacial score (nSPS) is 15.7. The summed E-state index contributed by atoms with van der Waals surface area (Å²) in [6, 6.07) is 13.3. The molecule has 32 heavy (non-hydrogen) atoms. The number of carbonyl (C=O) groups is 2. The minimum atomic E-state index is -0.519. The molecule has 1 aliphatic rings. The van der Waals surface area contributed by atoms with Crippen LogP contribution in [0.2, 0.25) is 10.0 Å². The maximum Gasteiger partial charge on any atom is 0.265 e. The fraction of sp³-hybridized carbons (Fsp3) is 0.174. The minimum Gasteiger partial charge on any atom is -0.383 e. The quantitative estimate of drug-likeness (QED) is 0.320. The number of halogens is 2. The van der Waals surface area contributed by atoms with Crippen LogP contribution in [0.5, 0.6) is 0 Å². The summed E-state index contributed by atoms with van der Waals surface area (Å²) in [6.45, 7) is 1.10. The van der Waals surface area contributed by atoms with Gasteiger partial charge in [-0.3, -0.25) is 19.8 Å². The van der Waals surface area contributed by atoms with Gasteiger partial charge in [0.05, 0.1) is 23.2 Å². The van der Waals surface area contributed by atoms with Gasteiger partial charge in [0.1, 0.15) is 5.57 Å². The second-order valence-electron chi connectivity index (χ2n) is 7.24. The van der Waals surface area contributed by atoms with Crippen LogP contribution < -0.4 is 5.32 Å². The van der Waals surface area contributed by atoms with Crippen LogP contribution in [0, 0.1) is 0 Å². The van der Waals surface area contributed by atoms with Crippen LogP contribution in [0.1, 0.15) is 11.1 Å². The van der Waals surface area contributed by atoms with Crippen molar-refractivity contribution in [2.24, 2.45) is 0 Å². The van der Waals surface area contributed by atoms with E-state index in [4.69, 9.17) is 40.2 Å². The number of carbonyl (C=O) groups excluding carboxylic acids is 2. The lowest BCUT2D eigenvalue weighted by molar-refractivity contribution is -0.129. The number of aromatic nitrogens is 1. The van der Waals surface area contributed by atoms with Gasteiger partial charge in [0.15, 0.2) is 5.11 Å². The molecule has 164 valence electrons. The maximum absolute atomic E-state index is 13.0. The number of rotatable bonds is 6. The van der Waals surface area contributed by atoms with E-state index in [2.05, 4.69) is 5.32 Å². The predicted octanol–water partition coefficient (Wildman–Crippen LogP) is 4.27. The molecule has 0 spiro atoms. The van der Waals surface area contributed by atoms with Crippen molar-refractivity contribution < 1.29 is 14.3 Å². The monoisotopic (exact) mass is 487 g/mol. The highest BCUT2D eigenvalue weighted by molar-refractivity contribution is 7.80. The van der Waals surface area contributed by atoms with E-state index >= 15 is 0 Å². The Kier molecular flexibility index (Phi) is 6.62. The number of benzene rings is 2. The van der Waals surface area contributed by atoms with Gasteiger partial charge in [0, 0.05) is 36.3 Å². The average Bonchev–Trinajstić information content (AvgIpc) is 3.11. The van der Waals surface area contributed by atoms with E-state index in [9.17, 15) is 9.59 Å². The van der Waals surface area contributed by atoms with Gasteiger partial charge < -0.3 is 9.30 Å². The van der Waals surface area contributed by atoms with Crippen molar-refractivity contribution in [1.29, 1.82) is 0 Å². The van der Waals surface area contributed by atoms with Crippen LogP contribution in [0.15, 0.2) is 54.2 Å². The highest BCUT2D eigenvalue weighted by Gasteiger charge is 2.33. The van der Waals surface area contributed by atoms with Crippen LogP contribution in [0.3, 0.4) is 0 Å². The number of hydrogen-bond acceptors (Lipinski definition) is 4. The molecule has 1 aliphatic heterocycles. The highest BCUT2D eigenvalue weighted by Crippen LogP contribution is 2.27. The number of para-hydroxylation sites is 1. The Balaban J connectivity index is 1.73. The van der Waals surface area contributed by atoms with Crippen molar-refractivity contribution in [3.05, 3.63) is 75.4 Å². The molecule has 0 unspecified atom stereocenters. The number of fused-ring (bicyclic) bond motifs is 1. The molecule has 2 aromatic carbocycles. The molecule has 0 atom stereocenters. The molecule has 3 aromatic rings. The van der Waals surface area contributed by atoms with Gasteiger partial charge >= 0.3 is 0 Å². The summed E-state index contributed by atoms with van der Waals surface area (Å²) >= 11 is 17.4. The summed E-state index contributed by atoms with van der Waals surface area (Å²) in [5, 5.41) is 4.56. The van der Waals surface area contributed by atoms with E-state index < -0.39 is 11.8 Å². The van der Waals surface area contributed by atoms with Crippen molar-refractivity contribution in [3.63, 3.8) is 0 Å². The summed E-state index contributed by atoms with van der Waals surface area (Å²) < 4.78 is 7.09. The van der Waals surface area contributed by atoms with E-state index in [1.54, 1.807) is 12.1 Å². The SMILES string of the molecule is COCCN1C(=O)C(=Cc2cn(Cc3ccc(Cl)c(Cl)c3)c3ccccc23)C(=O)NC1=S. The molecule has 2 heterocycles. The molecule has 1 saturated heterocycles. The smallest absolute Gasteiger partial charge is 0.265 e. The molecule has 9 heteroatoms. The zero-order valence-corrected chi connectivity index (χ0v) is 19.4. The van der Waals surface area contributed by atoms with E-state index in [-0.39, 0.29) is 17.2 Å². The second-order valence-corrected chi connectivity index (χ2v) is 8.45. The number of methoxy groups -OCH3 is 1. The molecular weight excluding hydrogens is 469 g/mol. The van der Waals surface area contributed by atoms with E-state index in [1.165, 1.54) is 12.0 Å². The molecule has 4 rings (SSSR count). The van der Waals surface area contributed by atoms with E-state index in [0.29, 0.717) is 23.2 Å². The number of thiocarbonyl (C=S) groups is 1. The van der Waals surface area contributed by atoms with Gasteiger partial charge in [0.25, 0.3) is 11.8 Å². The number of nitrogens with zero attached hydrogens (tertiary/aromatic N) is 2. The molecular formula is C23H19Cl2N3O3S. The van der Waals surface area contributed by atoms with Crippen molar-refractivity contribution in [1.82, 2.24) is 14.8 Å². The number of hydrogen-bond donors (Lipinski definition) is 1. The highest BCUT2D eigenvalue weighted by atomic mass is 35.5. The fourth-order valence-corrected chi connectivity index (χ4v) is 4.18. The third kappa shape index (κ3) is 4.42. The zero-order chi connectivity index (χ0) is 22.8. The summed E-state index contributed by atoms with van der Waals surface area (Å²) in [4.78, 5) is 26.9. The molecule has 0 saturated carbocycles. The Labute approximate surface area is 200 Å². The predicted molar refractivity (Wildman–Crippen MR) is 130 cm³/mol. The summed E-state index contributed by atoms with van der Waals surface area (Å²) in [5.41, 5.74) is 2.70. The fourth-order valence-electron chi connectivity index (χ4n) is 3.59. The summed E-state index contributed by atoms with van der Waals surface area (Å²) in [7, 11) is 1.54. The van der Waals surface area contributed by atoms with Crippen LogP contribution in [0.4, 0.5) is 0 Å². The van der Waals surface area contributed by atoms with Crippen LogP contribution in [-0.2, 0) is 20.9 Å². The van der Waals surface area contributed by atoms with Gasteiger partial charge in [0.2, 0.25) is 0 Å². The van der Waals surface area contributed by atoms with Gasteiger partial charge in [-0.2, -0.15) is 0 Å². The molecule has 0 aliphatic carbocycles. The van der Waals surface area contributed by atoms with E-state index in [1.807, 2.05) is 47.2 Å². The molecule has 0 radical (unpaired) electrons. The topological polar surface area (TPSA) is 63.6 Å². The summed E-state index contributed by atoms with van der Waals surface area (Å²) in [5.74, 6) is -0.966. The molecule has 0 bridgehead atoms.